The maximum Gasteiger partial charge on any atom is 0.108 e. The lowest BCUT2D eigenvalue weighted by atomic mass is 9.72. The van der Waals surface area contributed by atoms with Gasteiger partial charge in [0.05, 0.1) is 18.3 Å². The van der Waals surface area contributed by atoms with Gasteiger partial charge in [0.2, 0.25) is 0 Å². The van der Waals surface area contributed by atoms with Crippen molar-refractivity contribution in [2.75, 3.05) is 44.2 Å². The summed E-state index contributed by atoms with van der Waals surface area (Å²) in [6.45, 7) is 9.22. The third-order valence-corrected chi connectivity index (χ3v) is 7.84. The Bertz CT molecular complexity index is 1030. The molecule has 1 spiro atoms. The minimum absolute atomic E-state index is 0.225. The first kappa shape index (κ1) is 23.9. The largest absolute Gasteiger partial charge is 0.376 e. The summed E-state index contributed by atoms with van der Waals surface area (Å²) in [5.41, 5.74) is 5.89. The third-order valence-electron chi connectivity index (χ3n) is 7.84. The van der Waals surface area contributed by atoms with E-state index in [2.05, 4.69) is 62.1 Å². The molecule has 0 bridgehead atoms. The zero-order chi connectivity index (χ0) is 24.1. The van der Waals surface area contributed by atoms with E-state index in [0.717, 1.165) is 50.4 Å². The van der Waals surface area contributed by atoms with E-state index >= 15 is 0 Å². The lowest BCUT2D eigenvalue weighted by Crippen LogP contribution is -2.59. The summed E-state index contributed by atoms with van der Waals surface area (Å²) in [5.74, 6) is 5.73. The van der Waals surface area contributed by atoms with E-state index < -0.39 is 0 Å². The molecule has 0 saturated carbocycles. The average molecular weight is 475 g/mol. The predicted molar refractivity (Wildman–Crippen MR) is 142 cm³/mol. The molecular formula is C28H38N6O. The number of aromatic nitrogens is 1. The van der Waals surface area contributed by atoms with Crippen molar-refractivity contribution in [2.45, 2.75) is 51.7 Å². The third kappa shape index (κ3) is 5.73. The highest BCUT2D eigenvalue weighted by atomic mass is 16.5. The van der Waals surface area contributed by atoms with E-state index in [1.54, 1.807) is 6.21 Å². The van der Waals surface area contributed by atoms with Gasteiger partial charge in [0.1, 0.15) is 5.71 Å². The fraction of sp³-hybridized carbons (Fsp3) is 0.536. The standard InChI is InChI=1S/C28H38N6O/c1-22-16-24(8-9-26(22)27(32-29)18-30-17-25-7-3-5-15-35-25)34-13-10-28(11-14-34)20-33(21-28)19-23-6-2-4-12-31-23/h2,4,6,8-9,12,16,18,25H,3,5,7,10-11,13-15,17,19-21,29H2,1H3/b30-18?,32-27+. The van der Waals surface area contributed by atoms with Gasteiger partial charge in [-0.2, -0.15) is 5.10 Å². The van der Waals surface area contributed by atoms with Crippen molar-refractivity contribution in [3.05, 3.63) is 59.4 Å². The Labute approximate surface area is 209 Å². The van der Waals surface area contributed by atoms with Crippen molar-refractivity contribution >= 4 is 17.6 Å². The number of anilines is 1. The van der Waals surface area contributed by atoms with Gasteiger partial charge in [0.25, 0.3) is 0 Å². The number of ether oxygens (including phenoxy) is 1. The molecule has 3 aliphatic rings. The van der Waals surface area contributed by atoms with Gasteiger partial charge in [-0.05, 0) is 74.3 Å². The van der Waals surface area contributed by atoms with E-state index in [-0.39, 0.29) is 6.10 Å². The average Bonchev–Trinajstić information content (AvgIpc) is 2.88. The number of likely N-dealkylation sites (tertiary alicyclic amines) is 1. The second-order valence-electron chi connectivity index (χ2n) is 10.4. The summed E-state index contributed by atoms with van der Waals surface area (Å²) in [7, 11) is 0. The van der Waals surface area contributed by atoms with Crippen molar-refractivity contribution in [1.82, 2.24) is 9.88 Å². The van der Waals surface area contributed by atoms with Crippen LogP contribution >= 0.6 is 0 Å². The van der Waals surface area contributed by atoms with E-state index in [0.29, 0.717) is 12.0 Å². The lowest BCUT2D eigenvalue weighted by molar-refractivity contribution is -0.0247. The molecule has 3 saturated heterocycles. The van der Waals surface area contributed by atoms with Gasteiger partial charge in [0.15, 0.2) is 0 Å². The van der Waals surface area contributed by atoms with Gasteiger partial charge in [-0.3, -0.25) is 14.9 Å². The second kappa shape index (κ2) is 10.9. The summed E-state index contributed by atoms with van der Waals surface area (Å²) < 4.78 is 5.77. The van der Waals surface area contributed by atoms with Gasteiger partial charge >= 0.3 is 0 Å². The van der Waals surface area contributed by atoms with Crippen LogP contribution in [0.1, 0.15) is 48.9 Å². The Morgan fingerprint density at radius 3 is 2.74 bits per heavy atom. The Morgan fingerprint density at radius 2 is 2.06 bits per heavy atom. The number of aliphatic imine (C=N–C) groups is 1. The fourth-order valence-corrected chi connectivity index (χ4v) is 5.80. The number of pyridine rings is 1. The molecule has 0 aliphatic carbocycles. The molecule has 3 fully saturated rings. The number of hydrazone groups is 1. The maximum absolute atomic E-state index is 5.77. The van der Waals surface area contributed by atoms with Gasteiger partial charge in [-0.15, -0.1) is 0 Å². The monoisotopic (exact) mass is 474 g/mol. The molecule has 186 valence electrons. The molecule has 1 aromatic carbocycles. The molecule has 3 aliphatic heterocycles. The van der Waals surface area contributed by atoms with Crippen LogP contribution in [0.15, 0.2) is 52.7 Å². The van der Waals surface area contributed by atoms with Crippen molar-refractivity contribution in [1.29, 1.82) is 0 Å². The van der Waals surface area contributed by atoms with Crippen molar-refractivity contribution in [3.8, 4) is 0 Å². The number of rotatable bonds is 7. The molecule has 2 N–H and O–H groups in total. The Hall–Kier alpha value is -2.77. The predicted octanol–water partition coefficient (Wildman–Crippen LogP) is 3.80. The number of aryl methyl sites for hydroxylation is 1. The fourth-order valence-electron chi connectivity index (χ4n) is 5.80. The minimum Gasteiger partial charge on any atom is -0.376 e. The first-order chi connectivity index (χ1) is 17.1. The van der Waals surface area contributed by atoms with Crippen molar-refractivity contribution < 1.29 is 4.74 Å². The number of nitrogens with zero attached hydrogens (tertiary/aromatic N) is 5. The summed E-state index contributed by atoms with van der Waals surface area (Å²) in [6, 6.07) is 12.8. The second-order valence-corrected chi connectivity index (χ2v) is 10.4. The summed E-state index contributed by atoms with van der Waals surface area (Å²) in [6.07, 6.45) is 9.87. The molecule has 0 amide bonds. The summed E-state index contributed by atoms with van der Waals surface area (Å²) >= 11 is 0. The van der Waals surface area contributed by atoms with E-state index in [9.17, 15) is 0 Å². The Kier molecular flexibility index (Phi) is 7.44. The molecule has 4 heterocycles. The lowest BCUT2D eigenvalue weighted by Gasteiger charge is -2.54. The minimum atomic E-state index is 0.225. The first-order valence-electron chi connectivity index (χ1n) is 13.0. The number of benzene rings is 1. The molecule has 7 nitrogen and oxygen atoms in total. The summed E-state index contributed by atoms with van der Waals surface area (Å²) in [5, 5.41) is 4.02. The van der Waals surface area contributed by atoms with E-state index in [4.69, 9.17) is 10.6 Å². The molecule has 5 rings (SSSR count). The number of nitrogens with two attached hydrogens (primary N) is 1. The molecule has 2 aromatic rings. The van der Waals surface area contributed by atoms with Crippen LogP contribution < -0.4 is 10.7 Å². The van der Waals surface area contributed by atoms with E-state index in [1.807, 2.05) is 12.3 Å². The molecule has 1 unspecified atom stereocenters. The molecule has 1 atom stereocenters. The maximum atomic E-state index is 5.77. The zero-order valence-electron chi connectivity index (χ0n) is 20.9. The quantitative estimate of drug-likeness (QED) is 0.375. The van der Waals surface area contributed by atoms with Gasteiger partial charge in [-0.1, -0.05) is 12.1 Å². The van der Waals surface area contributed by atoms with Crippen LogP contribution in [0.25, 0.3) is 0 Å². The van der Waals surface area contributed by atoms with Gasteiger partial charge in [0, 0.05) is 63.0 Å². The summed E-state index contributed by atoms with van der Waals surface area (Å²) in [4.78, 5) is 14.1. The molecule has 1 aromatic heterocycles. The van der Waals surface area contributed by atoms with Crippen LogP contribution in [0, 0.1) is 12.3 Å². The SMILES string of the molecule is Cc1cc(N2CCC3(CC2)CN(Cc2ccccn2)C3)ccc1/C(C=NCC1CCCCO1)=N/N. The Balaban J connectivity index is 1.13. The first-order valence-corrected chi connectivity index (χ1v) is 13.0. The van der Waals surface area contributed by atoms with E-state index in [1.165, 1.54) is 49.3 Å². The van der Waals surface area contributed by atoms with Gasteiger partial charge in [-0.25, -0.2) is 0 Å². The van der Waals surface area contributed by atoms with Crippen molar-refractivity contribution in [2.24, 2.45) is 21.4 Å². The van der Waals surface area contributed by atoms with Crippen LogP contribution in [0.2, 0.25) is 0 Å². The Morgan fingerprint density at radius 1 is 1.20 bits per heavy atom. The molecule has 7 heteroatoms. The normalized spacial score (nSPS) is 23.1. The number of piperidine rings is 1. The number of hydrogen-bond acceptors (Lipinski definition) is 7. The highest BCUT2D eigenvalue weighted by Crippen LogP contribution is 2.42. The van der Waals surface area contributed by atoms with Crippen LogP contribution in [-0.4, -0.2) is 67.2 Å². The van der Waals surface area contributed by atoms with Crippen LogP contribution in [0.3, 0.4) is 0 Å². The molecular weight excluding hydrogens is 436 g/mol. The highest BCUT2D eigenvalue weighted by molar-refractivity contribution is 6.38. The van der Waals surface area contributed by atoms with Crippen LogP contribution in [0.5, 0.6) is 0 Å². The zero-order valence-corrected chi connectivity index (χ0v) is 20.9. The van der Waals surface area contributed by atoms with Crippen LogP contribution in [0.4, 0.5) is 5.69 Å². The number of hydrogen-bond donors (Lipinski definition) is 1. The van der Waals surface area contributed by atoms with Crippen LogP contribution in [-0.2, 0) is 11.3 Å². The molecule has 0 radical (unpaired) electrons. The van der Waals surface area contributed by atoms with Crippen molar-refractivity contribution in [3.63, 3.8) is 0 Å². The highest BCUT2D eigenvalue weighted by Gasteiger charge is 2.44. The smallest absolute Gasteiger partial charge is 0.108 e. The van der Waals surface area contributed by atoms with Gasteiger partial charge < -0.3 is 15.5 Å². The molecule has 35 heavy (non-hydrogen) atoms. The topological polar surface area (TPSA) is 79.3 Å².